The fourth-order valence-corrected chi connectivity index (χ4v) is 3.91. The lowest BCUT2D eigenvalue weighted by Crippen LogP contribution is -2.31. The minimum absolute atomic E-state index is 0.0705. The first-order valence-electron chi connectivity index (χ1n) is 9.66. The summed E-state index contributed by atoms with van der Waals surface area (Å²) in [4.78, 5) is 24.9. The Bertz CT molecular complexity index is 937. The molecule has 1 N–H and O–H groups in total. The van der Waals surface area contributed by atoms with Crippen molar-refractivity contribution in [3.05, 3.63) is 52.6 Å². The van der Waals surface area contributed by atoms with Gasteiger partial charge in [0.1, 0.15) is 17.2 Å². The van der Waals surface area contributed by atoms with E-state index in [1.54, 1.807) is 32.4 Å². The lowest BCUT2D eigenvalue weighted by molar-refractivity contribution is -0.123. The molecule has 0 spiro atoms. The van der Waals surface area contributed by atoms with E-state index in [1.807, 2.05) is 32.9 Å². The quantitative estimate of drug-likeness (QED) is 0.766. The van der Waals surface area contributed by atoms with Crippen LogP contribution in [0.2, 0.25) is 0 Å². The number of benzene rings is 2. The molecule has 2 aromatic carbocycles. The van der Waals surface area contributed by atoms with Crippen molar-refractivity contribution >= 4 is 11.7 Å². The Balaban J connectivity index is 1.70. The Morgan fingerprint density at radius 1 is 1.17 bits per heavy atom. The van der Waals surface area contributed by atoms with Gasteiger partial charge in [-0.3, -0.25) is 9.59 Å². The Kier molecular flexibility index (Phi) is 6.11. The summed E-state index contributed by atoms with van der Waals surface area (Å²) in [5.74, 6) is 1.78. The van der Waals surface area contributed by atoms with Crippen LogP contribution in [0.3, 0.4) is 0 Å². The van der Waals surface area contributed by atoms with Gasteiger partial charge in [0.15, 0.2) is 12.4 Å². The first-order chi connectivity index (χ1) is 13.8. The van der Waals surface area contributed by atoms with Crippen LogP contribution in [-0.4, -0.2) is 32.5 Å². The number of aryl methyl sites for hydroxylation is 1. The van der Waals surface area contributed by atoms with Crippen LogP contribution in [0.15, 0.2) is 30.3 Å². The Morgan fingerprint density at radius 2 is 1.90 bits per heavy atom. The van der Waals surface area contributed by atoms with Crippen LogP contribution in [0.4, 0.5) is 0 Å². The molecule has 3 rings (SSSR count). The maximum Gasteiger partial charge on any atom is 0.258 e. The third-order valence-corrected chi connectivity index (χ3v) is 5.33. The predicted molar refractivity (Wildman–Crippen MR) is 110 cm³/mol. The number of methoxy groups -OCH3 is 2. The lowest BCUT2D eigenvalue weighted by Gasteiger charge is -2.19. The first-order valence-corrected chi connectivity index (χ1v) is 9.66. The molecule has 0 fully saturated rings. The average Bonchev–Trinajstić information content (AvgIpc) is 3.02. The SMILES string of the molecule is COc1ccc(OC)c([C@H](C)NC(=O)COc2ccc(C)c3c2C(=O)C[C@H]3C)c1. The molecule has 0 bridgehead atoms. The van der Waals surface area contributed by atoms with E-state index in [9.17, 15) is 9.59 Å². The zero-order chi connectivity index (χ0) is 21.1. The summed E-state index contributed by atoms with van der Waals surface area (Å²) in [6.07, 6.45) is 0.482. The standard InChI is InChI=1S/C23H27NO5/c1-13-6-8-20(23-18(25)10-14(2)22(13)23)29-12-21(26)24-15(3)17-11-16(27-4)7-9-19(17)28-5/h6-9,11,14-15H,10,12H2,1-5H3,(H,24,26)/t14-,15+/m1/s1. The maximum absolute atomic E-state index is 12.5. The number of amides is 1. The van der Waals surface area contributed by atoms with Crippen LogP contribution in [0, 0.1) is 6.92 Å². The molecular weight excluding hydrogens is 370 g/mol. The van der Waals surface area contributed by atoms with Crippen molar-refractivity contribution < 1.29 is 23.8 Å². The number of ether oxygens (including phenoxy) is 3. The topological polar surface area (TPSA) is 73.9 Å². The van der Waals surface area contributed by atoms with Gasteiger partial charge < -0.3 is 19.5 Å². The van der Waals surface area contributed by atoms with Gasteiger partial charge in [-0.05, 0) is 55.2 Å². The molecule has 0 saturated heterocycles. The summed E-state index contributed by atoms with van der Waals surface area (Å²) < 4.78 is 16.4. The van der Waals surface area contributed by atoms with Crippen molar-refractivity contribution in [3.8, 4) is 17.2 Å². The number of carbonyl (C=O) groups is 2. The van der Waals surface area contributed by atoms with Gasteiger partial charge in [-0.1, -0.05) is 13.0 Å². The van der Waals surface area contributed by atoms with Crippen LogP contribution < -0.4 is 19.5 Å². The van der Waals surface area contributed by atoms with Gasteiger partial charge in [-0.25, -0.2) is 0 Å². The van der Waals surface area contributed by atoms with Gasteiger partial charge >= 0.3 is 0 Å². The zero-order valence-electron chi connectivity index (χ0n) is 17.5. The van der Waals surface area contributed by atoms with E-state index in [2.05, 4.69) is 5.32 Å². The third kappa shape index (κ3) is 4.21. The second-order valence-electron chi connectivity index (χ2n) is 7.38. The van der Waals surface area contributed by atoms with E-state index >= 15 is 0 Å². The van der Waals surface area contributed by atoms with Crippen molar-refractivity contribution in [3.63, 3.8) is 0 Å². The molecule has 154 valence electrons. The van der Waals surface area contributed by atoms with Crippen LogP contribution in [0.25, 0.3) is 0 Å². The number of hydrogen-bond donors (Lipinski definition) is 1. The predicted octanol–water partition coefficient (Wildman–Crippen LogP) is 3.96. The van der Waals surface area contributed by atoms with Gasteiger partial charge in [0, 0.05) is 12.0 Å². The molecule has 1 amide bonds. The largest absolute Gasteiger partial charge is 0.497 e. The molecule has 1 aliphatic rings. The molecule has 1 aliphatic carbocycles. The van der Waals surface area contributed by atoms with Crippen molar-refractivity contribution in [2.24, 2.45) is 0 Å². The summed E-state index contributed by atoms with van der Waals surface area (Å²) in [7, 11) is 3.17. The molecule has 0 radical (unpaired) electrons. The average molecular weight is 397 g/mol. The van der Waals surface area contributed by atoms with Gasteiger partial charge in [-0.2, -0.15) is 0 Å². The molecule has 0 aliphatic heterocycles. The van der Waals surface area contributed by atoms with Crippen LogP contribution in [0.1, 0.15) is 59.3 Å². The molecular formula is C23H27NO5. The summed E-state index contributed by atoms with van der Waals surface area (Å²) in [6, 6.07) is 8.83. The molecule has 0 saturated carbocycles. The molecule has 0 heterocycles. The van der Waals surface area contributed by atoms with E-state index < -0.39 is 0 Å². The molecule has 0 aromatic heterocycles. The minimum atomic E-state index is -0.304. The smallest absolute Gasteiger partial charge is 0.258 e. The summed E-state index contributed by atoms with van der Waals surface area (Å²) in [5.41, 5.74) is 3.53. The number of ketones is 1. The van der Waals surface area contributed by atoms with Crippen LogP contribution in [0.5, 0.6) is 17.2 Å². The number of nitrogens with one attached hydrogen (secondary N) is 1. The third-order valence-electron chi connectivity index (χ3n) is 5.33. The van der Waals surface area contributed by atoms with Crippen molar-refractivity contribution in [2.45, 2.75) is 39.2 Å². The highest BCUT2D eigenvalue weighted by molar-refractivity contribution is 6.04. The van der Waals surface area contributed by atoms with E-state index in [-0.39, 0.29) is 30.3 Å². The van der Waals surface area contributed by atoms with Crippen molar-refractivity contribution in [1.29, 1.82) is 0 Å². The van der Waals surface area contributed by atoms with E-state index in [0.717, 1.165) is 16.7 Å². The Labute approximate surface area is 171 Å². The minimum Gasteiger partial charge on any atom is -0.497 e. The first kappa shape index (κ1) is 20.7. The second kappa shape index (κ2) is 8.55. The van der Waals surface area contributed by atoms with Crippen molar-refractivity contribution in [1.82, 2.24) is 5.32 Å². The highest BCUT2D eigenvalue weighted by atomic mass is 16.5. The fraction of sp³-hybridized carbons (Fsp3) is 0.391. The maximum atomic E-state index is 12.5. The van der Waals surface area contributed by atoms with Gasteiger partial charge in [0.05, 0.1) is 25.8 Å². The number of hydrogen-bond acceptors (Lipinski definition) is 5. The zero-order valence-corrected chi connectivity index (χ0v) is 17.5. The molecule has 0 unspecified atom stereocenters. The fourth-order valence-electron chi connectivity index (χ4n) is 3.91. The Hall–Kier alpha value is -3.02. The van der Waals surface area contributed by atoms with Gasteiger partial charge in [-0.15, -0.1) is 0 Å². The Morgan fingerprint density at radius 3 is 2.59 bits per heavy atom. The number of rotatable bonds is 7. The molecule has 6 nitrogen and oxygen atoms in total. The number of fused-ring (bicyclic) bond motifs is 1. The number of carbonyl (C=O) groups excluding carboxylic acids is 2. The molecule has 6 heteroatoms. The molecule has 2 atom stereocenters. The van der Waals surface area contributed by atoms with Gasteiger partial charge in [0.2, 0.25) is 0 Å². The summed E-state index contributed by atoms with van der Waals surface area (Å²) in [5, 5.41) is 2.91. The molecule has 2 aromatic rings. The van der Waals surface area contributed by atoms with Crippen molar-refractivity contribution in [2.75, 3.05) is 20.8 Å². The van der Waals surface area contributed by atoms with E-state index in [1.165, 1.54) is 0 Å². The summed E-state index contributed by atoms with van der Waals surface area (Å²) >= 11 is 0. The van der Waals surface area contributed by atoms with Crippen LogP contribution >= 0.6 is 0 Å². The highest BCUT2D eigenvalue weighted by Gasteiger charge is 2.31. The van der Waals surface area contributed by atoms with E-state index in [0.29, 0.717) is 29.2 Å². The van der Waals surface area contributed by atoms with E-state index in [4.69, 9.17) is 14.2 Å². The summed E-state index contributed by atoms with van der Waals surface area (Å²) in [6.45, 7) is 5.72. The van der Waals surface area contributed by atoms with Gasteiger partial charge in [0.25, 0.3) is 5.91 Å². The number of Topliss-reactive ketones (excluding diaryl/α,β-unsaturated/α-hetero) is 1. The van der Waals surface area contributed by atoms with Crippen LogP contribution in [-0.2, 0) is 4.79 Å². The monoisotopic (exact) mass is 397 g/mol. The second-order valence-corrected chi connectivity index (χ2v) is 7.38. The molecule has 29 heavy (non-hydrogen) atoms. The lowest BCUT2D eigenvalue weighted by atomic mass is 9.97. The highest BCUT2D eigenvalue weighted by Crippen LogP contribution is 2.40. The normalized spacial score (nSPS) is 16.2.